The van der Waals surface area contributed by atoms with Gasteiger partial charge in [0.1, 0.15) is 17.9 Å². The lowest BCUT2D eigenvalue weighted by atomic mass is 9.73. The van der Waals surface area contributed by atoms with E-state index in [1.54, 1.807) is 4.90 Å². The molecule has 1 saturated carbocycles. The van der Waals surface area contributed by atoms with Gasteiger partial charge in [-0.3, -0.25) is 24.6 Å². The molecule has 0 spiro atoms. The van der Waals surface area contributed by atoms with Crippen molar-refractivity contribution < 1.29 is 19.1 Å². The van der Waals surface area contributed by atoms with Crippen molar-refractivity contribution in [3.63, 3.8) is 0 Å². The molecule has 2 saturated heterocycles. The molecular weight excluding hydrogens is 442 g/mol. The zero-order chi connectivity index (χ0) is 25.2. The van der Waals surface area contributed by atoms with Gasteiger partial charge in [-0.2, -0.15) is 0 Å². The maximum Gasteiger partial charge on any atom is 0.255 e. The fourth-order valence-electron chi connectivity index (χ4n) is 6.18. The predicted octanol–water partition coefficient (Wildman–Crippen LogP) is 4.29. The molecule has 4 aliphatic rings. The highest BCUT2D eigenvalue weighted by atomic mass is 16.5. The van der Waals surface area contributed by atoms with Crippen LogP contribution in [0.3, 0.4) is 0 Å². The molecule has 3 amide bonds. The zero-order valence-electron chi connectivity index (χ0n) is 21.8. The van der Waals surface area contributed by atoms with Gasteiger partial charge in [0.05, 0.1) is 0 Å². The maximum absolute atomic E-state index is 12.9. The van der Waals surface area contributed by atoms with Gasteiger partial charge in [-0.1, -0.05) is 34.1 Å². The van der Waals surface area contributed by atoms with E-state index in [1.807, 2.05) is 32.0 Å². The first-order valence-corrected chi connectivity index (χ1v) is 13.6. The molecule has 35 heavy (non-hydrogen) atoms. The third-order valence-corrected chi connectivity index (χ3v) is 8.50. The van der Waals surface area contributed by atoms with E-state index in [1.165, 1.54) is 45.2 Å². The van der Waals surface area contributed by atoms with Gasteiger partial charge in [-0.25, -0.2) is 0 Å². The zero-order valence-corrected chi connectivity index (χ0v) is 21.8. The van der Waals surface area contributed by atoms with Crippen LogP contribution in [0.2, 0.25) is 0 Å². The van der Waals surface area contributed by atoms with E-state index in [0.717, 1.165) is 17.7 Å². The number of fused-ring (bicyclic) bond motifs is 1. The van der Waals surface area contributed by atoms with Crippen LogP contribution in [0.5, 0.6) is 5.75 Å². The Kier molecular flexibility index (Phi) is 7.84. The summed E-state index contributed by atoms with van der Waals surface area (Å²) in [7, 11) is 0. The van der Waals surface area contributed by atoms with Crippen molar-refractivity contribution >= 4 is 17.7 Å². The summed E-state index contributed by atoms with van der Waals surface area (Å²) in [5, 5.41) is 2.36. The van der Waals surface area contributed by atoms with Gasteiger partial charge >= 0.3 is 0 Å². The molecule has 3 aliphatic heterocycles. The highest BCUT2D eigenvalue weighted by Gasteiger charge is 2.46. The Labute approximate surface area is 209 Å². The van der Waals surface area contributed by atoms with Crippen LogP contribution in [-0.2, 0) is 16.1 Å². The minimum atomic E-state index is -0.585. The Morgan fingerprint density at radius 3 is 2.43 bits per heavy atom. The summed E-state index contributed by atoms with van der Waals surface area (Å²) in [5.41, 5.74) is 2.01. The van der Waals surface area contributed by atoms with E-state index in [4.69, 9.17) is 4.74 Å². The molecule has 3 unspecified atom stereocenters. The van der Waals surface area contributed by atoms with Crippen LogP contribution >= 0.6 is 0 Å². The lowest BCUT2D eigenvalue weighted by Crippen LogP contribution is -2.63. The average molecular weight is 484 g/mol. The fraction of sp³-hybridized carbons (Fsp3) is 0.679. The second kappa shape index (κ2) is 10.7. The molecule has 1 aromatic carbocycles. The molecule has 3 atom stereocenters. The van der Waals surface area contributed by atoms with Gasteiger partial charge in [-0.05, 0) is 67.7 Å². The molecule has 1 N–H and O–H groups in total. The summed E-state index contributed by atoms with van der Waals surface area (Å²) in [5.74, 6) is 0.0214. The van der Waals surface area contributed by atoms with E-state index in [2.05, 4.69) is 24.1 Å². The van der Waals surface area contributed by atoms with Gasteiger partial charge in [0, 0.05) is 37.7 Å². The van der Waals surface area contributed by atoms with Crippen LogP contribution in [-0.4, -0.2) is 58.8 Å². The Balaban J connectivity index is 0.00000141. The van der Waals surface area contributed by atoms with Gasteiger partial charge in [0.25, 0.3) is 5.91 Å². The molecule has 0 aromatic heterocycles. The van der Waals surface area contributed by atoms with Crippen LogP contribution in [0.4, 0.5) is 0 Å². The highest BCUT2D eigenvalue weighted by Crippen LogP contribution is 2.41. The molecule has 192 valence electrons. The number of hydrogen-bond acceptors (Lipinski definition) is 5. The Morgan fingerprint density at radius 2 is 1.74 bits per heavy atom. The summed E-state index contributed by atoms with van der Waals surface area (Å²) in [4.78, 5) is 40.9. The number of likely N-dealkylation sites (tertiary alicyclic amines) is 1. The topological polar surface area (TPSA) is 79.0 Å². The van der Waals surface area contributed by atoms with E-state index in [-0.39, 0.29) is 30.2 Å². The molecule has 3 fully saturated rings. The van der Waals surface area contributed by atoms with Gasteiger partial charge < -0.3 is 9.64 Å². The monoisotopic (exact) mass is 483 g/mol. The number of nitrogens with zero attached hydrogens (tertiary/aromatic N) is 2. The van der Waals surface area contributed by atoms with Crippen molar-refractivity contribution in [3.05, 3.63) is 29.3 Å². The van der Waals surface area contributed by atoms with E-state index < -0.39 is 6.04 Å². The Hall–Kier alpha value is -2.41. The molecule has 7 nitrogen and oxygen atoms in total. The summed E-state index contributed by atoms with van der Waals surface area (Å²) in [6.07, 6.45) is 7.98. The number of benzene rings is 1. The number of rotatable bonds is 6. The third kappa shape index (κ3) is 4.97. The van der Waals surface area contributed by atoms with Gasteiger partial charge in [-0.15, -0.1) is 0 Å². The molecular formula is C28H41N3O4. The first kappa shape index (κ1) is 25.7. The van der Waals surface area contributed by atoms with Crippen molar-refractivity contribution in [3.8, 4) is 5.75 Å². The van der Waals surface area contributed by atoms with Crippen LogP contribution in [0.1, 0.15) is 95.0 Å². The smallest absolute Gasteiger partial charge is 0.255 e. The molecule has 0 bridgehead atoms. The summed E-state index contributed by atoms with van der Waals surface area (Å²) in [6.45, 7) is 11.3. The average Bonchev–Trinajstić information content (AvgIpc) is 3.17. The number of piperidine rings is 1. The second-order valence-corrected chi connectivity index (χ2v) is 10.3. The van der Waals surface area contributed by atoms with E-state index >= 15 is 0 Å². The van der Waals surface area contributed by atoms with Crippen molar-refractivity contribution in [2.45, 2.75) is 104 Å². The standard InChI is InChI=1S/C26H35N3O4.C2H6/c1-3-26(4-2)15-28(16-26)20-7-5-6-8-22(20)33-18-9-10-19-17(13-18)14-29(25(19)32)21-11-12-23(30)27-24(21)31;1-2/h9-10,13,20-22H,3-8,11-12,14-16H2,1-2H3,(H,27,30,31);1-2H3. The van der Waals surface area contributed by atoms with Gasteiger partial charge in [0.2, 0.25) is 11.8 Å². The van der Waals surface area contributed by atoms with Gasteiger partial charge in [0.15, 0.2) is 0 Å². The van der Waals surface area contributed by atoms with Crippen LogP contribution in [0.25, 0.3) is 0 Å². The molecule has 3 heterocycles. The van der Waals surface area contributed by atoms with Crippen molar-refractivity contribution in [1.29, 1.82) is 0 Å². The minimum Gasteiger partial charge on any atom is -0.489 e. The molecule has 1 aliphatic carbocycles. The largest absolute Gasteiger partial charge is 0.489 e. The quantitative estimate of drug-likeness (QED) is 0.611. The number of amides is 3. The number of ether oxygens (including phenoxy) is 1. The highest BCUT2D eigenvalue weighted by molar-refractivity contribution is 6.05. The lowest BCUT2D eigenvalue weighted by molar-refractivity contribution is -0.136. The Bertz CT molecular complexity index is 950. The van der Waals surface area contributed by atoms with Crippen LogP contribution in [0, 0.1) is 5.41 Å². The van der Waals surface area contributed by atoms with E-state index in [9.17, 15) is 14.4 Å². The number of nitrogens with one attached hydrogen (secondary N) is 1. The van der Waals surface area contributed by atoms with Crippen molar-refractivity contribution in [2.75, 3.05) is 13.1 Å². The van der Waals surface area contributed by atoms with E-state index in [0.29, 0.717) is 30.0 Å². The molecule has 0 radical (unpaired) electrons. The number of carbonyl (C=O) groups excluding carboxylic acids is 3. The number of imide groups is 1. The maximum atomic E-state index is 12.9. The van der Waals surface area contributed by atoms with Crippen molar-refractivity contribution in [1.82, 2.24) is 15.1 Å². The lowest BCUT2D eigenvalue weighted by Gasteiger charge is -2.55. The third-order valence-electron chi connectivity index (χ3n) is 8.50. The SMILES string of the molecule is CC.CCC1(CC)CN(C2CCCCC2Oc2ccc3c(c2)CN(C2CCC(=O)NC2=O)C3=O)C1. The molecule has 7 heteroatoms. The second-order valence-electron chi connectivity index (χ2n) is 10.3. The number of carbonyl (C=O) groups is 3. The summed E-state index contributed by atoms with van der Waals surface area (Å²) >= 11 is 0. The molecule has 5 rings (SSSR count). The predicted molar refractivity (Wildman–Crippen MR) is 135 cm³/mol. The Morgan fingerprint density at radius 1 is 1.03 bits per heavy atom. The number of hydrogen-bond donors (Lipinski definition) is 1. The normalized spacial score (nSPS) is 27.9. The summed E-state index contributed by atoms with van der Waals surface area (Å²) in [6, 6.07) is 5.58. The minimum absolute atomic E-state index is 0.141. The first-order chi connectivity index (χ1) is 16.9. The molecule has 1 aromatic rings. The fourth-order valence-corrected chi connectivity index (χ4v) is 6.18. The van der Waals surface area contributed by atoms with Crippen LogP contribution < -0.4 is 10.1 Å². The van der Waals surface area contributed by atoms with Crippen molar-refractivity contribution in [2.24, 2.45) is 5.41 Å². The van der Waals surface area contributed by atoms with Crippen LogP contribution in [0.15, 0.2) is 18.2 Å². The summed E-state index contributed by atoms with van der Waals surface area (Å²) < 4.78 is 6.54. The first-order valence-electron chi connectivity index (χ1n) is 13.6.